The van der Waals surface area contributed by atoms with E-state index in [1.807, 2.05) is 6.07 Å². The summed E-state index contributed by atoms with van der Waals surface area (Å²) in [4.78, 5) is 23.5. The van der Waals surface area contributed by atoms with Crippen LogP contribution in [-0.2, 0) is 9.59 Å². The molecule has 2 atom stereocenters. The Balaban J connectivity index is 2.77. The summed E-state index contributed by atoms with van der Waals surface area (Å²) in [6, 6.07) is 8.96. The number of carboxylic acid groups (broad SMARTS) is 1. The maximum absolute atomic E-state index is 12.0. The lowest BCUT2D eigenvalue weighted by atomic mass is 9.88. The number of carboxylic acids is 1. The predicted molar refractivity (Wildman–Crippen MR) is 78.4 cm³/mol. The Morgan fingerprint density at radius 2 is 1.89 bits per heavy atom. The number of rotatable bonds is 7. The van der Waals surface area contributed by atoms with Gasteiger partial charge in [0.25, 0.3) is 0 Å². The molecule has 4 heteroatoms. The van der Waals surface area contributed by atoms with Gasteiger partial charge in [0, 0.05) is 11.7 Å². The summed E-state index contributed by atoms with van der Waals surface area (Å²) in [5, 5.41) is 9.32. The smallest absolute Gasteiger partial charge is 0.311 e. The van der Waals surface area contributed by atoms with Crippen molar-refractivity contribution in [3.63, 3.8) is 0 Å². The molecule has 1 rings (SSSR count). The number of carbonyl (C=O) groups excluding carboxylic acids is 1. The fourth-order valence-corrected chi connectivity index (χ4v) is 2.92. The first-order valence-corrected chi connectivity index (χ1v) is 7.50. The van der Waals surface area contributed by atoms with Crippen molar-refractivity contribution in [1.29, 1.82) is 0 Å². The van der Waals surface area contributed by atoms with Crippen LogP contribution in [0.3, 0.4) is 0 Å². The van der Waals surface area contributed by atoms with Crippen molar-refractivity contribution < 1.29 is 14.7 Å². The van der Waals surface area contributed by atoms with Crippen LogP contribution in [0, 0.1) is 5.92 Å². The van der Waals surface area contributed by atoms with Gasteiger partial charge in [-0.25, -0.2) is 0 Å². The maximum Gasteiger partial charge on any atom is 0.311 e. The molecule has 2 unspecified atom stereocenters. The highest BCUT2D eigenvalue weighted by atomic mass is 32.2. The third-order valence-corrected chi connectivity index (χ3v) is 4.19. The van der Waals surface area contributed by atoms with Gasteiger partial charge < -0.3 is 5.11 Å². The van der Waals surface area contributed by atoms with E-state index >= 15 is 0 Å². The van der Waals surface area contributed by atoms with Crippen LogP contribution in [-0.4, -0.2) is 21.9 Å². The van der Waals surface area contributed by atoms with Crippen LogP contribution in [0.4, 0.5) is 0 Å². The van der Waals surface area contributed by atoms with Crippen molar-refractivity contribution in [2.45, 2.75) is 32.6 Å². The third kappa shape index (κ3) is 4.71. The van der Waals surface area contributed by atoms with E-state index in [4.69, 9.17) is 0 Å². The third-order valence-electron chi connectivity index (χ3n) is 3.04. The van der Waals surface area contributed by atoms with Crippen LogP contribution in [0.2, 0.25) is 0 Å². The zero-order valence-corrected chi connectivity index (χ0v) is 12.2. The van der Waals surface area contributed by atoms with Gasteiger partial charge in [0.1, 0.15) is 0 Å². The summed E-state index contributed by atoms with van der Waals surface area (Å²) < 4.78 is 0. The van der Waals surface area contributed by atoms with Crippen LogP contribution in [0.25, 0.3) is 0 Å². The van der Waals surface area contributed by atoms with E-state index in [1.165, 1.54) is 11.8 Å². The molecule has 0 bridgehead atoms. The van der Waals surface area contributed by atoms with Gasteiger partial charge in [0.05, 0.1) is 5.92 Å². The molecular weight excluding hydrogens is 260 g/mol. The lowest BCUT2D eigenvalue weighted by molar-refractivity contribution is -0.141. The Morgan fingerprint density at radius 1 is 1.26 bits per heavy atom. The van der Waals surface area contributed by atoms with Crippen molar-refractivity contribution >= 4 is 22.8 Å². The normalized spacial score (nSPS) is 13.8. The van der Waals surface area contributed by atoms with Gasteiger partial charge in [-0.2, -0.15) is 0 Å². The highest BCUT2D eigenvalue weighted by molar-refractivity contribution is 8.13. The Labute approximate surface area is 118 Å². The summed E-state index contributed by atoms with van der Waals surface area (Å²) >= 11 is 1.25. The molecule has 0 radical (unpaired) electrons. The first kappa shape index (κ1) is 15.8. The second-order valence-corrected chi connectivity index (χ2v) is 5.64. The number of hydrogen-bond donors (Lipinski definition) is 1. The van der Waals surface area contributed by atoms with Crippen molar-refractivity contribution in [2.24, 2.45) is 5.92 Å². The topological polar surface area (TPSA) is 54.4 Å². The number of thioether (sulfide) groups is 1. The van der Waals surface area contributed by atoms with Gasteiger partial charge in [-0.05, 0) is 12.0 Å². The van der Waals surface area contributed by atoms with Crippen molar-refractivity contribution in [2.75, 3.05) is 5.75 Å². The maximum atomic E-state index is 12.0. The molecule has 0 aromatic heterocycles. The molecular formula is C15H20O3S. The summed E-state index contributed by atoms with van der Waals surface area (Å²) in [6.07, 6.45) is 2.02. The number of carbonyl (C=O) groups is 2. The molecule has 104 valence electrons. The van der Waals surface area contributed by atoms with Gasteiger partial charge in [-0.1, -0.05) is 62.4 Å². The largest absolute Gasteiger partial charge is 0.481 e. The molecule has 0 heterocycles. The fraction of sp³-hybridized carbons (Fsp3) is 0.467. The molecule has 1 aromatic carbocycles. The van der Waals surface area contributed by atoms with Crippen molar-refractivity contribution in [3.05, 3.63) is 35.9 Å². The molecule has 19 heavy (non-hydrogen) atoms. The fourth-order valence-electron chi connectivity index (χ4n) is 1.89. The Bertz CT molecular complexity index is 417. The molecule has 3 nitrogen and oxygen atoms in total. The van der Waals surface area contributed by atoms with Crippen LogP contribution in [0.15, 0.2) is 30.3 Å². The molecule has 0 aliphatic heterocycles. The van der Waals surface area contributed by atoms with E-state index in [2.05, 4.69) is 6.92 Å². The molecule has 0 fully saturated rings. The number of hydrogen-bond acceptors (Lipinski definition) is 3. The standard InChI is InChI=1S/C15H20O3S/c1-3-4-10-19-15(18)11(2)13(14(16)17)12-8-6-5-7-9-12/h5-9,11,13H,3-4,10H2,1-2H3,(H,16,17). The molecule has 0 aliphatic carbocycles. The number of benzene rings is 1. The highest BCUT2D eigenvalue weighted by Gasteiger charge is 2.31. The molecule has 0 aliphatic rings. The molecule has 1 N–H and O–H groups in total. The Morgan fingerprint density at radius 3 is 2.42 bits per heavy atom. The van der Waals surface area contributed by atoms with Crippen molar-refractivity contribution in [1.82, 2.24) is 0 Å². The summed E-state index contributed by atoms with van der Waals surface area (Å²) in [7, 11) is 0. The molecule has 0 saturated carbocycles. The lowest BCUT2D eigenvalue weighted by Gasteiger charge is -2.19. The van der Waals surface area contributed by atoms with Gasteiger partial charge in [0.2, 0.25) is 0 Å². The SMILES string of the molecule is CCCCSC(=O)C(C)C(C(=O)O)c1ccccc1. The summed E-state index contributed by atoms with van der Waals surface area (Å²) in [6.45, 7) is 3.77. The minimum absolute atomic E-state index is 0.0373. The predicted octanol–water partition coefficient (Wildman–Crippen LogP) is 3.55. The lowest BCUT2D eigenvalue weighted by Crippen LogP contribution is -2.24. The van der Waals surface area contributed by atoms with E-state index < -0.39 is 17.8 Å². The molecule has 1 aromatic rings. The van der Waals surface area contributed by atoms with Crippen molar-refractivity contribution in [3.8, 4) is 0 Å². The first-order valence-electron chi connectivity index (χ1n) is 6.52. The molecule has 0 spiro atoms. The first-order chi connectivity index (χ1) is 9.07. The van der Waals surface area contributed by atoms with Gasteiger partial charge in [-0.3, -0.25) is 9.59 Å². The summed E-state index contributed by atoms with van der Waals surface area (Å²) in [5.74, 6) is -1.45. The number of aliphatic carboxylic acids is 1. The Kier molecular flexibility index (Phi) is 6.64. The molecule has 0 amide bonds. The zero-order chi connectivity index (χ0) is 14.3. The van der Waals surface area contributed by atoms with E-state index in [0.29, 0.717) is 5.56 Å². The minimum Gasteiger partial charge on any atom is -0.481 e. The quantitative estimate of drug-likeness (QED) is 0.776. The van der Waals surface area contributed by atoms with E-state index in [-0.39, 0.29) is 5.12 Å². The van der Waals surface area contributed by atoms with Crippen LogP contribution >= 0.6 is 11.8 Å². The highest BCUT2D eigenvalue weighted by Crippen LogP contribution is 2.29. The minimum atomic E-state index is -0.942. The second kappa shape index (κ2) is 8.00. The monoisotopic (exact) mass is 280 g/mol. The van der Waals surface area contributed by atoms with E-state index in [0.717, 1.165) is 18.6 Å². The average Bonchev–Trinajstić information content (AvgIpc) is 2.39. The van der Waals surface area contributed by atoms with E-state index in [9.17, 15) is 14.7 Å². The number of unbranched alkanes of at least 4 members (excludes halogenated alkanes) is 1. The zero-order valence-electron chi connectivity index (χ0n) is 11.3. The Hall–Kier alpha value is -1.29. The van der Waals surface area contributed by atoms with Crippen LogP contribution in [0.1, 0.15) is 38.2 Å². The van der Waals surface area contributed by atoms with Crippen LogP contribution < -0.4 is 0 Å². The summed E-state index contributed by atoms with van der Waals surface area (Å²) in [5.41, 5.74) is 0.687. The van der Waals surface area contributed by atoms with E-state index in [1.54, 1.807) is 31.2 Å². The van der Waals surface area contributed by atoms with Crippen LogP contribution in [0.5, 0.6) is 0 Å². The molecule has 0 saturated heterocycles. The van der Waals surface area contributed by atoms with Gasteiger partial charge >= 0.3 is 5.97 Å². The van der Waals surface area contributed by atoms with Gasteiger partial charge in [0.15, 0.2) is 5.12 Å². The second-order valence-electron chi connectivity index (χ2n) is 4.54. The van der Waals surface area contributed by atoms with Gasteiger partial charge in [-0.15, -0.1) is 0 Å². The average molecular weight is 280 g/mol.